The first-order chi connectivity index (χ1) is 34.3. The lowest BCUT2D eigenvalue weighted by Gasteiger charge is -2.13. The molecule has 2 N–H and O–H groups in total. The summed E-state index contributed by atoms with van der Waals surface area (Å²) >= 11 is 14.6. The van der Waals surface area contributed by atoms with Crippen LogP contribution in [0.3, 0.4) is 0 Å². The van der Waals surface area contributed by atoms with Gasteiger partial charge in [0.05, 0.1) is 39.2 Å². The fourth-order valence-electron chi connectivity index (χ4n) is 6.43. The number of aromatic nitrogens is 8. The number of nitrogens with one attached hydrogen (secondary N) is 2. The van der Waals surface area contributed by atoms with E-state index in [1.54, 1.807) is 0 Å². The van der Waals surface area contributed by atoms with Crippen molar-refractivity contribution in [3.63, 3.8) is 0 Å². The van der Waals surface area contributed by atoms with Crippen LogP contribution in [0.4, 0.5) is 0 Å². The molecule has 8 bridgehead atoms. The highest BCUT2D eigenvalue weighted by Crippen LogP contribution is 2.47. The number of fused-ring (bicyclic) bond motifs is 8. The second kappa shape index (κ2) is 31.3. The Morgan fingerprint density at radius 2 is 0.431 bits per heavy atom. The van der Waals surface area contributed by atoms with Gasteiger partial charge >= 0.3 is 0 Å². The largest absolute Gasteiger partial charge is 0.323 e. The molecule has 0 saturated carbocycles. The Kier molecular flexibility index (Phi) is 26.8. The maximum atomic E-state index is 5.66. The Bertz CT molecular complexity index is 2250. The average molecular weight is 1140 g/mol. The molecule has 0 unspecified atom stereocenters. The molecule has 72 heavy (non-hydrogen) atoms. The Labute approximate surface area is 465 Å². The van der Waals surface area contributed by atoms with Crippen LogP contribution in [-0.4, -0.2) is 290 Å². The van der Waals surface area contributed by atoms with Crippen molar-refractivity contribution in [3.8, 4) is 0 Å². The first kappa shape index (κ1) is 61.7. The highest BCUT2D eigenvalue weighted by atomic mass is 32.2. The monoisotopic (exact) mass is 1140 g/mol. The fourth-order valence-corrected chi connectivity index (χ4v) is 16.7. The molecule has 16 nitrogen and oxygen atoms in total. The standard InChI is InChI=1S/C48H82N16S8/c1-57(2)17-25-65-33-34(66-26-18-58(3)4)42-49-41(33)53-43-35(67-27-19-59(5)6)36(68-28-20-60(7)8)45(50-43)55-47-39(71-31-23-63(13)14)40(72-32-24-64(15)16)48(52-47)56-46-38(70-30-22-62(11)12)37(44(51-46)54-42)69-29-21-61(9)10/h17-32H2,1-16H3,(H2,49,50,51,52,53,54,55,56). The van der Waals surface area contributed by atoms with E-state index in [1.807, 2.05) is 94.1 Å². The van der Waals surface area contributed by atoms with Crippen molar-refractivity contribution >= 4 is 136 Å². The minimum Gasteiger partial charge on any atom is -0.323 e. The van der Waals surface area contributed by atoms with Gasteiger partial charge in [-0.25, -0.2) is 29.9 Å². The second-order valence-electron chi connectivity index (χ2n) is 19.5. The van der Waals surface area contributed by atoms with E-state index >= 15 is 0 Å². The van der Waals surface area contributed by atoms with E-state index < -0.39 is 0 Å². The molecule has 3 aromatic rings. The average Bonchev–Trinajstić information content (AvgIpc) is 3.97. The van der Waals surface area contributed by atoms with Gasteiger partial charge in [-0.1, -0.05) is 0 Å². The van der Waals surface area contributed by atoms with Crippen molar-refractivity contribution in [2.45, 2.75) is 19.6 Å². The van der Waals surface area contributed by atoms with Crippen LogP contribution in [0.15, 0.2) is 19.6 Å². The molecule has 2 aliphatic rings. The van der Waals surface area contributed by atoms with Crippen molar-refractivity contribution in [2.24, 2.45) is 0 Å². The van der Waals surface area contributed by atoms with Gasteiger partial charge in [0.2, 0.25) is 0 Å². The number of aromatic amines is 2. The van der Waals surface area contributed by atoms with Gasteiger partial charge in [-0.3, -0.25) is 0 Å². The molecule has 24 heteroatoms. The van der Waals surface area contributed by atoms with Gasteiger partial charge in [0.25, 0.3) is 0 Å². The smallest absolute Gasteiger partial charge is 0.171 e. The molecule has 0 aliphatic carbocycles. The SMILES string of the molecule is CN(C)CCSC1=C(SCCN(C)C)c2nc1nc1nc(nc3[nH]c(nc4[nH]c(n2)c(SCCN(C)C)c4SCCN(C)C)c(SCCN(C)C)c3SCCN(C)C)C(SCCN(C)C)=C1SCCN(C)C. The van der Waals surface area contributed by atoms with Gasteiger partial charge in [-0.05, 0) is 113 Å². The van der Waals surface area contributed by atoms with E-state index in [0.717, 1.165) is 160 Å². The summed E-state index contributed by atoms with van der Waals surface area (Å²) in [5, 5.41) is 0. The van der Waals surface area contributed by atoms with Crippen LogP contribution in [0.5, 0.6) is 0 Å². The number of hydrogen-bond donors (Lipinski definition) is 2. The van der Waals surface area contributed by atoms with Crippen molar-refractivity contribution in [1.29, 1.82) is 0 Å². The van der Waals surface area contributed by atoms with Gasteiger partial charge in [0.15, 0.2) is 23.3 Å². The molecule has 402 valence electrons. The topological polar surface area (TPSA) is 135 Å². The van der Waals surface area contributed by atoms with Gasteiger partial charge in [0.1, 0.15) is 22.6 Å². The van der Waals surface area contributed by atoms with E-state index in [-0.39, 0.29) is 0 Å². The van der Waals surface area contributed by atoms with E-state index in [2.05, 4.69) is 162 Å². The summed E-state index contributed by atoms with van der Waals surface area (Å²) in [6.45, 7) is 7.30. The summed E-state index contributed by atoms with van der Waals surface area (Å²) in [5.41, 5.74) is 3.12. The summed E-state index contributed by atoms with van der Waals surface area (Å²) in [7, 11) is 34.1. The van der Waals surface area contributed by atoms with Gasteiger partial charge < -0.3 is 49.2 Å². The third-order valence-electron chi connectivity index (χ3n) is 10.5. The highest BCUT2D eigenvalue weighted by molar-refractivity contribution is 8.14. The molecular weight excluding hydrogens is 1060 g/mol. The third kappa shape index (κ3) is 19.7. The number of rotatable bonds is 32. The summed E-state index contributed by atoms with van der Waals surface area (Å²) in [5.74, 6) is 9.68. The molecule has 0 aromatic carbocycles. The first-order valence-electron chi connectivity index (χ1n) is 24.3. The van der Waals surface area contributed by atoms with E-state index in [0.29, 0.717) is 23.3 Å². The van der Waals surface area contributed by atoms with Crippen LogP contribution in [0.1, 0.15) is 23.3 Å². The number of nitrogens with zero attached hydrogens (tertiary/aromatic N) is 14. The van der Waals surface area contributed by atoms with Crippen molar-refractivity contribution in [3.05, 3.63) is 23.3 Å². The lowest BCUT2D eigenvalue weighted by Crippen LogP contribution is -2.15. The van der Waals surface area contributed by atoms with E-state index in [9.17, 15) is 0 Å². The molecule has 0 atom stereocenters. The normalized spacial score (nSPS) is 13.6. The van der Waals surface area contributed by atoms with Crippen molar-refractivity contribution in [2.75, 3.05) is 211 Å². The van der Waals surface area contributed by atoms with Crippen molar-refractivity contribution in [1.82, 2.24) is 79.1 Å². The van der Waals surface area contributed by atoms with Crippen molar-refractivity contribution < 1.29 is 0 Å². The number of hydrogen-bond acceptors (Lipinski definition) is 22. The van der Waals surface area contributed by atoms with Crippen LogP contribution >= 0.6 is 94.1 Å². The number of H-pyrrole nitrogens is 2. The van der Waals surface area contributed by atoms with E-state index in [1.165, 1.54) is 0 Å². The minimum absolute atomic E-state index is 0.654. The zero-order valence-corrected chi connectivity index (χ0v) is 52.4. The van der Waals surface area contributed by atoms with E-state index in [4.69, 9.17) is 29.9 Å². The first-order valence-corrected chi connectivity index (χ1v) is 32.2. The minimum atomic E-state index is 0.654. The molecule has 0 saturated heterocycles. The Morgan fingerprint density at radius 1 is 0.250 bits per heavy atom. The summed E-state index contributed by atoms with van der Waals surface area (Å²) in [6, 6.07) is 0. The Morgan fingerprint density at radius 3 is 0.639 bits per heavy atom. The molecule has 0 fully saturated rings. The molecule has 0 spiro atoms. The van der Waals surface area contributed by atoms with Crippen LogP contribution < -0.4 is 0 Å². The lowest BCUT2D eigenvalue weighted by molar-refractivity contribution is 0.437. The molecule has 5 rings (SSSR count). The predicted octanol–water partition coefficient (Wildman–Crippen LogP) is 7.34. The molecule has 3 aromatic heterocycles. The van der Waals surface area contributed by atoms with Crippen LogP contribution in [-0.2, 0) is 0 Å². The third-order valence-corrected chi connectivity index (χ3v) is 19.6. The summed E-state index contributed by atoms with van der Waals surface area (Å²) in [4.78, 5) is 67.5. The molecule has 0 amide bonds. The maximum absolute atomic E-state index is 5.66. The lowest BCUT2D eigenvalue weighted by atomic mass is 10.4. The molecule has 2 aliphatic heterocycles. The quantitative estimate of drug-likeness (QED) is 0.0604. The highest BCUT2D eigenvalue weighted by Gasteiger charge is 2.30. The molecule has 5 heterocycles. The van der Waals surface area contributed by atoms with Gasteiger partial charge in [-0.15, -0.1) is 94.1 Å². The zero-order valence-electron chi connectivity index (χ0n) is 45.8. The zero-order chi connectivity index (χ0) is 52.5. The van der Waals surface area contributed by atoms with Gasteiger partial charge in [-0.2, -0.15) is 0 Å². The molecular formula is C48H82N16S8. The Hall–Kier alpha value is -1.20. The fraction of sp³-hybridized carbons (Fsp3) is 0.667. The number of thioether (sulfide) groups is 8. The maximum Gasteiger partial charge on any atom is 0.171 e. The molecule has 0 radical (unpaired) electrons. The van der Waals surface area contributed by atoms with Crippen LogP contribution in [0, 0.1) is 0 Å². The second-order valence-corrected chi connectivity index (χ2v) is 28.3. The summed E-state index contributed by atoms with van der Waals surface area (Å²) < 4.78 is 0. The van der Waals surface area contributed by atoms with Crippen LogP contribution in [0.25, 0.3) is 42.2 Å². The van der Waals surface area contributed by atoms with Crippen LogP contribution in [0.2, 0.25) is 0 Å². The predicted molar refractivity (Wildman–Crippen MR) is 327 cm³/mol. The summed E-state index contributed by atoms with van der Waals surface area (Å²) in [6.07, 6.45) is 0. The van der Waals surface area contributed by atoms with Gasteiger partial charge in [0, 0.05) is 98.4 Å². The Balaban J connectivity index is 2.01.